The number of aryl methyl sites for hydroxylation is 1. The van der Waals surface area contributed by atoms with E-state index >= 15 is 0 Å². The Labute approximate surface area is 240 Å². The van der Waals surface area contributed by atoms with E-state index in [9.17, 15) is 19.5 Å². The van der Waals surface area contributed by atoms with Gasteiger partial charge in [0.1, 0.15) is 0 Å². The van der Waals surface area contributed by atoms with Crippen molar-refractivity contribution in [1.82, 2.24) is 9.79 Å². The number of aliphatic carboxylic acids is 1. The van der Waals surface area contributed by atoms with E-state index in [1.54, 1.807) is 36.5 Å². The Morgan fingerprint density at radius 3 is 2.61 bits per heavy atom. The highest BCUT2D eigenvalue weighted by Gasteiger charge is 2.22. The van der Waals surface area contributed by atoms with Gasteiger partial charge >= 0.3 is 12.1 Å². The molecule has 4 rings (SSSR count). The van der Waals surface area contributed by atoms with Gasteiger partial charge in [0, 0.05) is 35.4 Å². The zero-order valence-corrected chi connectivity index (χ0v) is 23.7. The minimum absolute atomic E-state index is 0.103. The molecule has 9 nitrogen and oxygen atoms in total. The number of hydrogen-bond donors (Lipinski definition) is 4. The number of carbonyl (C=O) groups excluding carboxylic acids is 1. The van der Waals surface area contributed by atoms with Crippen molar-refractivity contribution < 1.29 is 19.4 Å². The van der Waals surface area contributed by atoms with Crippen LogP contribution in [-0.2, 0) is 22.5 Å². The van der Waals surface area contributed by atoms with Crippen molar-refractivity contribution >= 4 is 42.2 Å². The highest BCUT2D eigenvalue weighted by Crippen LogP contribution is 2.28. The van der Waals surface area contributed by atoms with E-state index < -0.39 is 18.1 Å². The Morgan fingerprint density at radius 2 is 1.88 bits per heavy atom. The van der Waals surface area contributed by atoms with Crippen molar-refractivity contribution in [2.75, 3.05) is 24.3 Å². The number of amides is 1. The summed E-state index contributed by atoms with van der Waals surface area (Å²) in [5, 5.41) is 17.1. The summed E-state index contributed by atoms with van der Waals surface area (Å²) in [7, 11) is 3.97. The molecule has 0 fully saturated rings. The fraction of sp³-hybridized carbons (Fsp3) is 0.258. The maximum atomic E-state index is 12.5. The maximum absolute atomic E-state index is 12.5. The molecule has 0 spiro atoms. The van der Waals surface area contributed by atoms with Crippen LogP contribution < -0.4 is 16.2 Å². The summed E-state index contributed by atoms with van der Waals surface area (Å²) >= 11 is 0. The lowest BCUT2D eigenvalue weighted by molar-refractivity contribution is -0.138. The molecule has 212 valence electrons. The molecule has 41 heavy (non-hydrogen) atoms. The zero-order valence-electron chi connectivity index (χ0n) is 23.7. The van der Waals surface area contributed by atoms with E-state index in [0.29, 0.717) is 28.7 Å². The molecule has 0 saturated carbocycles. The molecule has 0 radical (unpaired) electrons. The molecule has 1 amide bonds. The van der Waals surface area contributed by atoms with Gasteiger partial charge in [-0.15, -0.1) is 0 Å². The predicted octanol–water partition coefficient (Wildman–Crippen LogP) is 4.66. The van der Waals surface area contributed by atoms with Crippen LogP contribution in [0.15, 0.2) is 77.7 Å². The number of hydrogen-bond acceptors (Lipinski definition) is 6. The van der Waals surface area contributed by atoms with Crippen molar-refractivity contribution in [2.24, 2.45) is 0 Å². The first-order valence-electron chi connectivity index (χ1n) is 13.6. The smallest absolute Gasteiger partial charge is 0.411 e. The number of ether oxygens (including phenoxy) is 1. The van der Waals surface area contributed by atoms with Crippen LogP contribution in [0.2, 0.25) is 0 Å². The number of H-pyrrole nitrogens is 1. The van der Waals surface area contributed by atoms with Gasteiger partial charge in [-0.3, -0.25) is 10.1 Å². The van der Waals surface area contributed by atoms with Crippen molar-refractivity contribution in [2.45, 2.75) is 38.8 Å². The van der Waals surface area contributed by atoms with E-state index in [1.165, 1.54) is 0 Å². The Bertz CT molecular complexity index is 1600. The molecule has 4 N–H and O–H groups in total. The summed E-state index contributed by atoms with van der Waals surface area (Å²) in [5.41, 5.74) is 4.59. The summed E-state index contributed by atoms with van der Waals surface area (Å²) in [5.74, 6) is -1.14. The first-order valence-corrected chi connectivity index (χ1v) is 13.6. The summed E-state index contributed by atoms with van der Waals surface area (Å²) in [6.45, 7) is 4.90. The number of anilines is 2. The van der Waals surface area contributed by atoms with Gasteiger partial charge in [0.15, 0.2) is 14.0 Å². The van der Waals surface area contributed by atoms with Gasteiger partial charge < -0.3 is 25.0 Å². The Morgan fingerprint density at radius 1 is 1.07 bits per heavy atom. The fourth-order valence-electron chi connectivity index (χ4n) is 4.88. The third kappa shape index (κ3) is 7.55. The third-order valence-electron chi connectivity index (χ3n) is 6.88. The molecule has 0 saturated heterocycles. The maximum Gasteiger partial charge on any atom is 0.411 e. The number of nitrogens with zero attached hydrogens (tertiary/aromatic N) is 1. The van der Waals surface area contributed by atoms with Crippen LogP contribution in [0.1, 0.15) is 48.1 Å². The topological polar surface area (TPSA) is 124 Å². The molecule has 4 aromatic rings. The average Bonchev–Trinajstić information content (AvgIpc) is 2.94. The van der Waals surface area contributed by atoms with Crippen molar-refractivity contribution in [3.05, 3.63) is 106 Å². The second kappa shape index (κ2) is 13.2. The van der Waals surface area contributed by atoms with Crippen molar-refractivity contribution in [1.29, 1.82) is 0 Å². The second-order valence-electron chi connectivity index (χ2n) is 10.4. The lowest BCUT2D eigenvalue weighted by atomic mass is 9.91. The lowest BCUT2D eigenvalue weighted by Gasteiger charge is -2.21. The quantitative estimate of drug-likeness (QED) is 0.199. The number of rotatable bonds is 11. The molecule has 10 heteroatoms. The predicted molar refractivity (Wildman–Crippen MR) is 164 cm³/mol. The summed E-state index contributed by atoms with van der Waals surface area (Å²) in [4.78, 5) is 41.6. The molecule has 1 aromatic heterocycles. The Hall–Kier alpha value is -4.57. The summed E-state index contributed by atoms with van der Waals surface area (Å²) in [6, 6.07) is 19.2. The lowest BCUT2D eigenvalue weighted by Crippen LogP contribution is -2.21. The SMILES string of the molecule is BN(C)Cc1cccc(NC(=O)OC[C@H](C)c2ccc(C(Nc3ccc4cc[nH]c(=O)c4c3)C(=O)O)cc2CC)c1. The van der Waals surface area contributed by atoms with Gasteiger partial charge in [-0.05, 0) is 71.4 Å². The summed E-state index contributed by atoms with van der Waals surface area (Å²) < 4.78 is 5.53. The monoisotopic (exact) mass is 554 g/mol. The number of aromatic amines is 1. The van der Waals surface area contributed by atoms with Crippen LogP contribution in [0.3, 0.4) is 0 Å². The first-order chi connectivity index (χ1) is 19.6. The molecule has 1 heterocycles. The number of pyridine rings is 1. The van der Waals surface area contributed by atoms with Crippen LogP contribution in [0.4, 0.5) is 16.2 Å². The average molecular weight is 554 g/mol. The van der Waals surface area contributed by atoms with Crippen LogP contribution in [0, 0.1) is 0 Å². The third-order valence-corrected chi connectivity index (χ3v) is 6.88. The molecule has 0 bridgehead atoms. The Balaban J connectivity index is 1.44. The van der Waals surface area contributed by atoms with E-state index in [0.717, 1.165) is 28.6 Å². The summed E-state index contributed by atoms with van der Waals surface area (Å²) in [6.07, 6.45) is 1.73. The number of fused-ring (bicyclic) bond motifs is 1. The van der Waals surface area contributed by atoms with Gasteiger partial charge in [0.05, 0.1) is 6.61 Å². The molecule has 0 aliphatic heterocycles. The van der Waals surface area contributed by atoms with Crippen LogP contribution in [0.5, 0.6) is 0 Å². The number of carbonyl (C=O) groups is 2. The first kappa shape index (κ1) is 29.4. The van der Waals surface area contributed by atoms with Crippen molar-refractivity contribution in [3.8, 4) is 0 Å². The van der Waals surface area contributed by atoms with Crippen LogP contribution in [0.25, 0.3) is 10.8 Å². The molecule has 0 aliphatic rings. The van der Waals surface area contributed by atoms with E-state index in [1.807, 2.05) is 65.3 Å². The van der Waals surface area contributed by atoms with Crippen molar-refractivity contribution in [3.63, 3.8) is 0 Å². The van der Waals surface area contributed by atoms with Crippen LogP contribution in [-0.4, -0.2) is 48.6 Å². The molecule has 3 aromatic carbocycles. The number of aromatic nitrogens is 1. The van der Waals surface area contributed by atoms with Gasteiger partial charge in [-0.25, -0.2) is 9.59 Å². The number of nitrogens with one attached hydrogen (secondary N) is 3. The van der Waals surface area contributed by atoms with E-state index in [4.69, 9.17) is 4.74 Å². The molecular weight excluding hydrogens is 519 g/mol. The highest BCUT2D eigenvalue weighted by atomic mass is 16.5. The molecule has 2 atom stereocenters. The van der Waals surface area contributed by atoms with Gasteiger partial charge in [0.25, 0.3) is 5.56 Å². The minimum Gasteiger partial charge on any atom is -0.479 e. The molecule has 0 aliphatic carbocycles. The number of carboxylic acids is 1. The van der Waals surface area contributed by atoms with Gasteiger partial charge in [-0.2, -0.15) is 0 Å². The van der Waals surface area contributed by atoms with Gasteiger partial charge in [0.2, 0.25) is 0 Å². The highest BCUT2D eigenvalue weighted by molar-refractivity contribution is 6.04. The number of carboxylic acid groups (broad SMARTS) is 1. The largest absolute Gasteiger partial charge is 0.479 e. The number of benzene rings is 3. The van der Waals surface area contributed by atoms with E-state index in [2.05, 4.69) is 20.4 Å². The minimum atomic E-state index is -1.04. The molecule has 1 unspecified atom stereocenters. The van der Waals surface area contributed by atoms with E-state index in [-0.39, 0.29) is 18.1 Å². The fourth-order valence-corrected chi connectivity index (χ4v) is 4.88. The molecular formula is C31H35BN4O5. The second-order valence-corrected chi connectivity index (χ2v) is 10.4. The normalized spacial score (nSPS) is 12.6. The van der Waals surface area contributed by atoms with Gasteiger partial charge in [-0.1, -0.05) is 50.2 Å². The van der Waals surface area contributed by atoms with Crippen LogP contribution >= 0.6 is 0 Å². The Kier molecular flexibility index (Phi) is 9.47. The zero-order chi connectivity index (χ0) is 29.5. The standard InChI is InChI=1S/C31H35BN4O5/c1-4-21-15-23(28(30(38)39)34-25-10-8-22-12-13-33-29(37)27(22)16-25)9-11-26(21)19(2)18-41-31(40)35-24-7-5-6-20(14-24)17-36(3)32/h5-16,19,28,34H,4,17-18,32H2,1-3H3,(H,33,37)(H,35,40)(H,38,39)/t19-,28?/m0/s1.